The van der Waals surface area contributed by atoms with Crippen LogP contribution in [0, 0.1) is 0 Å². The summed E-state index contributed by atoms with van der Waals surface area (Å²) >= 11 is 6.90. The van der Waals surface area contributed by atoms with Crippen molar-refractivity contribution in [1.82, 2.24) is 18.0 Å². The van der Waals surface area contributed by atoms with Crippen molar-refractivity contribution in [3.8, 4) is 17.1 Å². The van der Waals surface area contributed by atoms with Gasteiger partial charge in [0.25, 0.3) is 11.8 Å². The van der Waals surface area contributed by atoms with Gasteiger partial charge in [0.1, 0.15) is 5.69 Å². The number of aromatic nitrogens is 2. The van der Waals surface area contributed by atoms with E-state index in [9.17, 15) is 13.2 Å². The number of carbonyl (C=O) groups excluding carboxylic acids is 1. The molecule has 0 spiro atoms. The van der Waals surface area contributed by atoms with Gasteiger partial charge in [-0.05, 0) is 26.0 Å². The van der Waals surface area contributed by atoms with E-state index in [1.807, 2.05) is 12.1 Å². The lowest BCUT2D eigenvalue weighted by Crippen LogP contribution is -2.52. The predicted molar refractivity (Wildman–Crippen MR) is 108 cm³/mol. The molecule has 152 valence electrons. The fraction of sp³-hybridized carbons (Fsp3) is 0.471. The summed E-state index contributed by atoms with van der Waals surface area (Å²) in [6.45, 7) is 4.40. The van der Waals surface area contributed by atoms with E-state index in [0.717, 1.165) is 17.3 Å². The second kappa shape index (κ2) is 8.73. The van der Waals surface area contributed by atoms with Crippen LogP contribution in [-0.4, -0.2) is 70.3 Å². The fourth-order valence-electron chi connectivity index (χ4n) is 2.77. The Labute approximate surface area is 173 Å². The van der Waals surface area contributed by atoms with Gasteiger partial charge in [-0.1, -0.05) is 23.7 Å². The molecule has 1 aliphatic rings. The van der Waals surface area contributed by atoms with Crippen molar-refractivity contribution in [3.05, 3.63) is 29.3 Å². The molecule has 0 bridgehead atoms. The van der Waals surface area contributed by atoms with E-state index in [0.29, 0.717) is 42.8 Å². The fourth-order valence-corrected chi connectivity index (χ4v) is 4.68. The van der Waals surface area contributed by atoms with Crippen LogP contribution in [0.5, 0.6) is 5.88 Å². The standard InChI is InChI=1S/C17H21ClN4O4S2/c1-12(2)28(24,25)22-9-7-21(8-10-22)15(23)11-26-17-16(19-27-20-17)13-3-5-14(18)6-4-13/h3-6,12H,7-11H2,1-2H3. The maximum Gasteiger partial charge on any atom is 0.260 e. The third kappa shape index (κ3) is 4.62. The smallest absolute Gasteiger partial charge is 0.260 e. The minimum Gasteiger partial charge on any atom is -0.465 e. The van der Waals surface area contributed by atoms with Gasteiger partial charge in [-0.15, -0.1) is 4.37 Å². The molecule has 1 fully saturated rings. The largest absolute Gasteiger partial charge is 0.465 e. The highest BCUT2D eigenvalue weighted by Gasteiger charge is 2.31. The average Bonchev–Trinajstić information content (AvgIpc) is 3.15. The summed E-state index contributed by atoms with van der Waals surface area (Å²) in [5.41, 5.74) is 1.36. The van der Waals surface area contributed by atoms with Gasteiger partial charge in [0.2, 0.25) is 10.0 Å². The molecule has 0 unspecified atom stereocenters. The maximum atomic E-state index is 12.4. The van der Waals surface area contributed by atoms with E-state index in [-0.39, 0.29) is 12.5 Å². The first kappa shape index (κ1) is 21.0. The highest BCUT2D eigenvalue weighted by Crippen LogP contribution is 2.28. The SMILES string of the molecule is CC(C)S(=O)(=O)N1CCN(C(=O)COc2nsnc2-c2ccc(Cl)cc2)CC1. The molecule has 0 aliphatic carbocycles. The van der Waals surface area contributed by atoms with Crippen molar-refractivity contribution < 1.29 is 17.9 Å². The zero-order valence-corrected chi connectivity index (χ0v) is 17.9. The van der Waals surface area contributed by atoms with Crippen LogP contribution >= 0.6 is 23.3 Å². The molecule has 1 aromatic heterocycles. The molecule has 2 aromatic rings. The lowest BCUT2D eigenvalue weighted by molar-refractivity contribution is -0.134. The molecule has 0 N–H and O–H groups in total. The van der Waals surface area contributed by atoms with Crippen LogP contribution in [0.25, 0.3) is 11.3 Å². The Morgan fingerprint density at radius 1 is 1.18 bits per heavy atom. The molecule has 0 atom stereocenters. The Morgan fingerprint density at radius 3 is 2.43 bits per heavy atom. The molecule has 1 saturated heterocycles. The molecule has 2 heterocycles. The van der Waals surface area contributed by atoms with Crippen LogP contribution in [-0.2, 0) is 14.8 Å². The lowest BCUT2D eigenvalue weighted by Gasteiger charge is -2.34. The minimum atomic E-state index is -3.30. The van der Waals surface area contributed by atoms with Gasteiger partial charge in [0, 0.05) is 36.8 Å². The van der Waals surface area contributed by atoms with Gasteiger partial charge >= 0.3 is 0 Å². The topological polar surface area (TPSA) is 92.7 Å². The van der Waals surface area contributed by atoms with Crippen LogP contribution < -0.4 is 4.74 Å². The second-order valence-corrected chi connectivity index (χ2v) is 10.0. The number of hydrogen-bond donors (Lipinski definition) is 0. The van der Waals surface area contributed by atoms with E-state index in [4.69, 9.17) is 16.3 Å². The van der Waals surface area contributed by atoms with E-state index >= 15 is 0 Å². The normalized spacial score (nSPS) is 15.8. The average molecular weight is 445 g/mol. The van der Waals surface area contributed by atoms with Crippen LogP contribution in [0.1, 0.15) is 13.8 Å². The molecule has 1 amide bonds. The number of nitrogens with zero attached hydrogens (tertiary/aromatic N) is 4. The van der Waals surface area contributed by atoms with Crippen molar-refractivity contribution in [1.29, 1.82) is 0 Å². The molecule has 3 rings (SSSR count). The number of rotatable bonds is 6. The number of benzene rings is 1. The Bertz CT molecular complexity index is 923. The molecule has 0 radical (unpaired) electrons. The van der Waals surface area contributed by atoms with Crippen molar-refractivity contribution >= 4 is 39.3 Å². The predicted octanol–water partition coefficient (Wildman–Crippen LogP) is 2.12. The Balaban J connectivity index is 1.56. The van der Waals surface area contributed by atoms with Crippen LogP contribution in [0.2, 0.25) is 5.02 Å². The van der Waals surface area contributed by atoms with E-state index < -0.39 is 15.3 Å². The van der Waals surface area contributed by atoms with Gasteiger partial charge in [-0.2, -0.15) is 8.68 Å². The first-order valence-corrected chi connectivity index (χ1v) is 11.4. The molecule has 0 saturated carbocycles. The number of hydrogen-bond acceptors (Lipinski definition) is 7. The third-order valence-electron chi connectivity index (χ3n) is 4.46. The van der Waals surface area contributed by atoms with Gasteiger partial charge in [0.05, 0.1) is 17.0 Å². The number of ether oxygens (including phenoxy) is 1. The number of halogens is 1. The number of carbonyl (C=O) groups is 1. The quantitative estimate of drug-likeness (QED) is 0.677. The van der Waals surface area contributed by atoms with Crippen molar-refractivity contribution in [2.45, 2.75) is 19.1 Å². The second-order valence-electron chi connectivity index (χ2n) is 6.59. The molecule has 8 nitrogen and oxygen atoms in total. The van der Waals surface area contributed by atoms with Gasteiger partial charge < -0.3 is 9.64 Å². The summed E-state index contributed by atoms with van der Waals surface area (Å²) in [7, 11) is -3.30. The van der Waals surface area contributed by atoms with Gasteiger partial charge in [0.15, 0.2) is 6.61 Å². The molecular weight excluding hydrogens is 424 g/mol. The number of amides is 1. The number of piperazine rings is 1. The third-order valence-corrected chi connectivity index (χ3v) is 7.50. The highest BCUT2D eigenvalue weighted by molar-refractivity contribution is 7.89. The number of sulfonamides is 1. The molecular formula is C17H21ClN4O4S2. The molecule has 28 heavy (non-hydrogen) atoms. The Kier molecular flexibility index (Phi) is 6.54. The van der Waals surface area contributed by atoms with E-state index in [1.54, 1.807) is 30.9 Å². The molecule has 1 aliphatic heterocycles. The monoisotopic (exact) mass is 444 g/mol. The Morgan fingerprint density at radius 2 is 1.82 bits per heavy atom. The van der Waals surface area contributed by atoms with Gasteiger partial charge in [-0.25, -0.2) is 8.42 Å². The van der Waals surface area contributed by atoms with Gasteiger partial charge in [-0.3, -0.25) is 4.79 Å². The summed E-state index contributed by atoms with van der Waals surface area (Å²) < 4.78 is 39.8. The maximum absolute atomic E-state index is 12.4. The van der Waals surface area contributed by atoms with Crippen LogP contribution in [0.3, 0.4) is 0 Å². The van der Waals surface area contributed by atoms with E-state index in [2.05, 4.69) is 8.75 Å². The summed E-state index contributed by atoms with van der Waals surface area (Å²) in [6, 6.07) is 7.11. The van der Waals surface area contributed by atoms with Crippen molar-refractivity contribution in [2.75, 3.05) is 32.8 Å². The summed E-state index contributed by atoms with van der Waals surface area (Å²) in [6.07, 6.45) is 0. The zero-order valence-electron chi connectivity index (χ0n) is 15.5. The lowest BCUT2D eigenvalue weighted by atomic mass is 10.2. The summed E-state index contributed by atoms with van der Waals surface area (Å²) in [5.74, 6) is 0.0818. The minimum absolute atomic E-state index is 0.178. The zero-order chi connectivity index (χ0) is 20.3. The van der Waals surface area contributed by atoms with Crippen molar-refractivity contribution in [3.63, 3.8) is 0 Å². The van der Waals surface area contributed by atoms with Crippen molar-refractivity contribution in [2.24, 2.45) is 0 Å². The highest BCUT2D eigenvalue weighted by atomic mass is 35.5. The summed E-state index contributed by atoms with van der Waals surface area (Å²) in [5, 5.41) is 0.143. The Hall–Kier alpha value is -1.75. The first-order chi connectivity index (χ1) is 13.3. The van der Waals surface area contributed by atoms with E-state index in [1.165, 1.54) is 4.31 Å². The first-order valence-electron chi connectivity index (χ1n) is 8.77. The van der Waals surface area contributed by atoms with Crippen LogP contribution in [0.15, 0.2) is 24.3 Å². The van der Waals surface area contributed by atoms with Crippen LogP contribution in [0.4, 0.5) is 0 Å². The molecule has 1 aromatic carbocycles. The summed E-state index contributed by atoms with van der Waals surface area (Å²) in [4.78, 5) is 14.1. The molecule has 11 heteroatoms.